The summed E-state index contributed by atoms with van der Waals surface area (Å²) in [5, 5.41) is 2.95. The molecular weight excluding hydrogens is 450 g/mol. The third-order valence-corrected chi connectivity index (χ3v) is 7.73. The summed E-state index contributed by atoms with van der Waals surface area (Å²) in [4.78, 5) is 19.8. The van der Waals surface area contributed by atoms with E-state index in [0.717, 1.165) is 51.7 Å². The Morgan fingerprint density at radius 3 is 2.49 bits per heavy atom. The van der Waals surface area contributed by atoms with Gasteiger partial charge in [0.1, 0.15) is 6.61 Å². The van der Waals surface area contributed by atoms with Gasteiger partial charge in [-0.05, 0) is 89.1 Å². The van der Waals surface area contributed by atoms with E-state index in [9.17, 15) is 4.79 Å². The van der Waals surface area contributed by atoms with Gasteiger partial charge in [0, 0.05) is 10.3 Å². The van der Waals surface area contributed by atoms with Crippen molar-refractivity contribution < 1.29 is 9.53 Å². The Hall–Kier alpha value is -3.24. The van der Waals surface area contributed by atoms with Crippen LogP contribution < -0.4 is 0 Å². The molecule has 4 heteroatoms. The Morgan fingerprint density at radius 2 is 1.80 bits per heavy atom. The molecule has 0 bridgehead atoms. The van der Waals surface area contributed by atoms with Crippen LogP contribution >= 0.6 is 11.3 Å². The van der Waals surface area contributed by atoms with Crippen molar-refractivity contribution in [2.45, 2.75) is 59.5 Å². The highest BCUT2D eigenvalue weighted by molar-refractivity contribution is 7.10. The maximum absolute atomic E-state index is 13.6. The van der Waals surface area contributed by atoms with Crippen LogP contribution in [0.2, 0.25) is 0 Å². The van der Waals surface area contributed by atoms with Crippen molar-refractivity contribution in [3.63, 3.8) is 0 Å². The molecule has 0 radical (unpaired) electrons. The highest BCUT2D eigenvalue weighted by Gasteiger charge is 2.28. The fourth-order valence-corrected chi connectivity index (χ4v) is 5.60. The number of hydrogen-bond acceptors (Lipinski definition) is 4. The van der Waals surface area contributed by atoms with Crippen molar-refractivity contribution in [2.24, 2.45) is 0 Å². The van der Waals surface area contributed by atoms with E-state index in [2.05, 4.69) is 70.3 Å². The predicted octanol–water partition coefficient (Wildman–Crippen LogP) is 8.05. The quantitative estimate of drug-likeness (QED) is 0.277. The van der Waals surface area contributed by atoms with Crippen LogP contribution in [0.4, 0.5) is 0 Å². The molecule has 2 aromatic carbocycles. The van der Waals surface area contributed by atoms with Gasteiger partial charge < -0.3 is 4.74 Å². The molecule has 0 spiro atoms. The number of benzene rings is 2. The smallest absolute Gasteiger partial charge is 0.339 e. The van der Waals surface area contributed by atoms with Gasteiger partial charge in [-0.2, -0.15) is 0 Å². The summed E-state index contributed by atoms with van der Waals surface area (Å²) in [6.07, 6.45) is 3.88. The third kappa shape index (κ3) is 4.55. The van der Waals surface area contributed by atoms with Crippen LogP contribution in [-0.2, 0) is 23.2 Å². The van der Waals surface area contributed by atoms with Crippen LogP contribution in [0.3, 0.4) is 0 Å². The lowest BCUT2D eigenvalue weighted by molar-refractivity contribution is 0.0472. The zero-order chi connectivity index (χ0) is 24.7. The summed E-state index contributed by atoms with van der Waals surface area (Å²) in [5.74, 6) is -0.268. The molecule has 0 atom stereocenters. The summed E-state index contributed by atoms with van der Waals surface area (Å²) >= 11 is 1.71. The molecule has 0 fully saturated rings. The number of fused-ring (bicyclic) bond motifs is 2. The van der Waals surface area contributed by atoms with Crippen LogP contribution in [0.25, 0.3) is 22.6 Å². The van der Waals surface area contributed by atoms with Crippen molar-refractivity contribution in [2.75, 3.05) is 0 Å². The molecule has 1 aliphatic carbocycles. The van der Waals surface area contributed by atoms with Gasteiger partial charge in [-0.1, -0.05) is 57.2 Å². The van der Waals surface area contributed by atoms with Crippen molar-refractivity contribution in [3.05, 3.63) is 97.9 Å². The summed E-state index contributed by atoms with van der Waals surface area (Å²) < 4.78 is 5.99. The van der Waals surface area contributed by atoms with Gasteiger partial charge in [-0.3, -0.25) is 0 Å². The highest BCUT2D eigenvalue weighted by atomic mass is 32.1. The standard InChI is InChI=1S/C31H31NO2S/c1-19-15-22(31(3,4)5)16-20(2)26(19)18-34-30(33)28-24-10-6-7-11-27(24)32-29-21(12-13-25(28)29)17-23-9-8-14-35-23/h6-11,14-17H,12-13,18H2,1-5H3. The molecule has 0 N–H and O–H groups in total. The highest BCUT2D eigenvalue weighted by Crippen LogP contribution is 2.38. The Bertz CT molecular complexity index is 1430. The minimum absolute atomic E-state index is 0.0789. The lowest BCUT2D eigenvalue weighted by atomic mass is 9.84. The Labute approximate surface area is 211 Å². The second-order valence-corrected chi connectivity index (χ2v) is 11.4. The maximum atomic E-state index is 13.6. The minimum atomic E-state index is -0.268. The summed E-state index contributed by atoms with van der Waals surface area (Å²) in [6.45, 7) is 11.1. The Kier molecular flexibility index (Phi) is 6.10. The first kappa shape index (κ1) is 23.5. The Morgan fingerprint density at radius 1 is 1.06 bits per heavy atom. The SMILES string of the molecule is Cc1cc(C(C)(C)C)cc(C)c1COC(=O)c1c2c(nc3ccccc13)C(=Cc1cccs1)CC2. The van der Waals surface area contributed by atoms with Crippen molar-refractivity contribution in [1.29, 1.82) is 0 Å². The molecule has 0 amide bonds. The molecule has 0 saturated carbocycles. The van der Waals surface area contributed by atoms with E-state index in [0.29, 0.717) is 5.56 Å². The number of thiophene rings is 1. The first-order valence-corrected chi connectivity index (χ1v) is 13.0. The molecule has 3 nitrogen and oxygen atoms in total. The lowest BCUT2D eigenvalue weighted by Gasteiger charge is -2.22. The zero-order valence-corrected chi connectivity index (χ0v) is 21.9. The number of pyridine rings is 1. The van der Waals surface area contributed by atoms with E-state index in [1.807, 2.05) is 24.3 Å². The fraction of sp³-hybridized carbons (Fsp3) is 0.290. The Balaban J connectivity index is 1.51. The van der Waals surface area contributed by atoms with Crippen LogP contribution in [0, 0.1) is 13.8 Å². The molecule has 2 heterocycles. The molecule has 0 saturated heterocycles. The molecular formula is C31H31NO2S. The zero-order valence-electron chi connectivity index (χ0n) is 21.1. The summed E-state index contributed by atoms with van der Waals surface area (Å²) in [6, 6.07) is 16.5. The van der Waals surface area contributed by atoms with Gasteiger partial charge in [0.15, 0.2) is 0 Å². The average Bonchev–Trinajstić information content (AvgIpc) is 3.46. The average molecular weight is 482 g/mol. The van der Waals surface area contributed by atoms with Gasteiger partial charge >= 0.3 is 5.97 Å². The van der Waals surface area contributed by atoms with Gasteiger partial charge in [-0.25, -0.2) is 9.78 Å². The number of aryl methyl sites for hydroxylation is 2. The van der Waals surface area contributed by atoms with E-state index in [1.165, 1.54) is 16.0 Å². The van der Waals surface area contributed by atoms with Crippen molar-refractivity contribution in [3.8, 4) is 0 Å². The maximum Gasteiger partial charge on any atom is 0.339 e. The van der Waals surface area contributed by atoms with Crippen LogP contribution in [0.1, 0.15) is 75.9 Å². The second-order valence-electron chi connectivity index (χ2n) is 10.4. The van der Waals surface area contributed by atoms with Crippen molar-refractivity contribution in [1.82, 2.24) is 4.98 Å². The van der Waals surface area contributed by atoms with Crippen LogP contribution in [0.5, 0.6) is 0 Å². The van der Waals surface area contributed by atoms with Gasteiger partial charge in [0.25, 0.3) is 0 Å². The van der Waals surface area contributed by atoms with Crippen molar-refractivity contribution >= 4 is 39.9 Å². The van der Waals surface area contributed by atoms with Gasteiger partial charge in [0.05, 0.1) is 16.8 Å². The first-order valence-electron chi connectivity index (χ1n) is 12.2. The van der Waals surface area contributed by atoms with Crippen LogP contribution in [-0.4, -0.2) is 11.0 Å². The summed E-state index contributed by atoms with van der Waals surface area (Å²) in [5.41, 5.74) is 9.41. The van der Waals surface area contributed by atoms with Crippen LogP contribution in [0.15, 0.2) is 53.9 Å². The number of rotatable bonds is 4. The summed E-state index contributed by atoms with van der Waals surface area (Å²) in [7, 11) is 0. The molecule has 0 unspecified atom stereocenters. The number of aromatic nitrogens is 1. The molecule has 1 aliphatic rings. The first-order chi connectivity index (χ1) is 16.7. The lowest BCUT2D eigenvalue weighted by Crippen LogP contribution is -2.14. The van der Waals surface area contributed by atoms with E-state index in [-0.39, 0.29) is 18.0 Å². The number of carbonyl (C=O) groups is 1. The topological polar surface area (TPSA) is 39.2 Å². The van der Waals surface area contributed by atoms with E-state index in [4.69, 9.17) is 9.72 Å². The fourth-order valence-electron chi connectivity index (χ4n) is 4.92. The number of ether oxygens (including phenoxy) is 1. The van der Waals surface area contributed by atoms with E-state index < -0.39 is 0 Å². The second kappa shape index (κ2) is 9.09. The number of esters is 1. The molecule has 35 heavy (non-hydrogen) atoms. The normalized spacial score (nSPS) is 14.5. The largest absolute Gasteiger partial charge is 0.457 e. The van der Waals surface area contributed by atoms with E-state index in [1.54, 1.807) is 11.3 Å². The number of carbonyl (C=O) groups excluding carboxylic acids is 1. The number of para-hydroxylation sites is 1. The van der Waals surface area contributed by atoms with Gasteiger partial charge in [-0.15, -0.1) is 11.3 Å². The molecule has 2 aromatic heterocycles. The third-order valence-electron chi connectivity index (χ3n) is 6.92. The number of nitrogens with zero attached hydrogens (tertiary/aromatic N) is 1. The van der Waals surface area contributed by atoms with E-state index >= 15 is 0 Å². The molecule has 5 rings (SSSR count). The minimum Gasteiger partial charge on any atom is -0.457 e. The molecule has 178 valence electrons. The molecule has 0 aliphatic heterocycles. The number of allylic oxidation sites excluding steroid dienone is 1. The monoisotopic (exact) mass is 481 g/mol. The molecule has 4 aromatic rings. The predicted molar refractivity (Wildman–Crippen MR) is 146 cm³/mol. The van der Waals surface area contributed by atoms with Gasteiger partial charge in [0.2, 0.25) is 0 Å². The number of hydrogen-bond donors (Lipinski definition) is 0.